The standard InChI is InChI=1S/C21H30N6/c1-22-21(26-14-11-20(17-26)25-12-6-3-7-13-25)23-16-18-10-15-27(24-18)19-8-4-2-5-9-19/h2,4-5,8-10,15,20H,3,6-7,11-14,16-17H2,1H3,(H,22,23). The van der Waals surface area contributed by atoms with Gasteiger partial charge in [0.1, 0.15) is 0 Å². The molecule has 1 aromatic heterocycles. The molecule has 4 rings (SSSR count). The van der Waals surface area contributed by atoms with Gasteiger partial charge in [0.05, 0.1) is 17.9 Å². The molecule has 2 aromatic rings. The van der Waals surface area contributed by atoms with Gasteiger partial charge < -0.3 is 10.2 Å². The van der Waals surface area contributed by atoms with Crippen LogP contribution in [0.2, 0.25) is 0 Å². The third kappa shape index (κ3) is 4.33. The van der Waals surface area contributed by atoms with Crippen molar-refractivity contribution in [3.63, 3.8) is 0 Å². The Morgan fingerprint density at radius 1 is 1.11 bits per heavy atom. The van der Waals surface area contributed by atoms with Crippen molar-refractivity contribution in [1.29, 1.82) is 0 Å². The van der Waals surface area contributed by atoms with Crippen LogP contribution in [0.3, 0.4) is 0 Å². The van der Waals surface area contributed by atoms with Crippen molar-refractivity contribution < 1.29 is 0 Å². The number of hydrogen-bond donors (Lipinski definition) is 1. The van der Waals surface area contributed by atoms with Crippen LogP contribution < -0.4 is 5.32 Å². The summed E-state index contributed by atoms with van der Waals surface area (Å²) >= 11 is 0. The number of rotatable bonds is 4. The SMILES string of the molecule is CN=C(NCc1ccn(-c2ccccc2)n1)N1CCC(N2CCCCC2)C1. The predicted molar refractivity (Wildman–Crippen MR) is 109 cm³/mol. The summed E-state index contributed by atoms with van der Waals surface area (Å²) < 4.78 is 1.92. The lowest BCUT2D eigenvalue weighted by Gasteiger charge is -2.32. The van der Waals surface area contributed by atoms with Gasteiger partial charge in [0, 0.05) is 32.4 Å². The molecule has 2 fully saturated rings. The molecule has 0 spiro atoms. The molecule has 0 amide bonds. The maximum absolute atomic E-state index is 4.67. The van der Waals surface area contributed by atoms with E-state index in [1.54, 1.807) is 0 Å². The number of para-hydroxylation sites is 1. The van der Waals surface area contributed by atoms with Crippen molar-refractivity contribution in [1.82, 2.24) is 24.9 Å². The minimum absolute atomic E-state index is 0.682. The Kier molecular flexibility index (Phi) is 5.72. The molecule has 1 N–H and O–H groups in total. The molecule has 0 bridgehead atoms. The molecule has 2 aliphatic rings. The van der Waals surface area contributed by atoms with E-state index in [9.17, 15) is 0 Å². The van der Waals surface area contributed by atoms with Crippen molar-refractivity contribution >= 4 is 5.96 Å². The Hall–Kier alpha value is -2.34. The summed E-state index contributed by atoms with van der Waals surface area (Å²) in [6.07, 6.45) is 7.35. The van der Waals surface area contributed by atoms with Gasteiger partial charge in [0.15, 0.2) is 5.96 Å². The molecule has 6 nitrogen and oxygen atoms in total. The molecular formula is C21H30N6. The quantitative estimate of drug-likeness (QED) is 0.667. The highest BCUT2D eigenvalue weighted by Gasteiger charge is 2.29. The van der Waals surface area contributed by atoms with E-state index in [1.165, 1.54) is 38.8 Å². The zero-order valence-corrected chi connectivity index (χ0v) is 16.2. The van der Waals surface area contributed by atoms with Crippen molar-refractivity contribution in [2.75, 3.05) is 33.2 Å². The number of aliphatic imine (C=N–C) groups is 1. The second-order valence-electron chi connectivity index (χ2n) is 7.47. The average molecular weight is 367 g/mol. The highest BCUT2D eigenvalue weighted by Crippen LogP contribution is 2.20. The summed E-state index contributed by atoms with van der Waals surface area (Å²) in [5.74, 6) is 0.990. The fourth-order valence-electron chi connectivity index (χ4n) is 4.20. The van der Waals surface area contributed by atoms with E-state index in [0.717, 1.165) is 30.4 Å². The van der Waals surface area contributed by atoms with E-state index >= 15 is 0 Å². The third-order valence-corrected chi connectivity index (χ3v) is 5.67. The maximum atomic E-state index is 4.67. The van der Waals surface area contributed by atoms with Gasteiger partial charge in [0.2, 0.25) is 0 Å². The van der Waals surface area contributed by atoms with E-state index < -0.39 is 0 Å². The molecule has 0 radical (unpaired) electrons. The van der Waals surface area contributed by atoms with E-state index in [-0.39, 0.29) is 0 Å². The molecule has 27 heavy (non-hydrogen) atoms. The molecule has 2 saturated heterocycles. The zero-order valence-electron chi connectivity index (χ0n) is 16.2. The normalized spacial score (nSPS) is 21.6. The second-order valence-corrected chi connectivity index (χ2v) is 7.47. The minimum atomic E-state index is 0.682. The van der Waals surface area contributed by atoms with Gasteiger partial charge in [-0.05, 0) is 50.6 Å². The topological polar surface area (TPSA) is 48.7 Å². The van der Waals surface area contributed by atoms with Crippen LogP contribution in [-0.4, -0.2) is 64.8 Å². The summed E-state index contributed by atoms with van der Waals surface area (Å²) in [5, 5.41) is 8.17. The van der Waals surface area contributed by atoms with Crippen LogP contribution in [0, 0.1) is 0 Å². The molecule has 1 unspecified atom stereocenters. The Morgan fingerprint density at radius 2 is 1.93 bits per heavy atom. The lowest BCUT2D eigenvalue weighted by atomic mass is 10.1. The van der Waals surface area contributed by atoms with Crippen molar-refractivity contribution in [3.8, 4) is 5.69 Å². The van der Waals surface area contributed by atoms with Crippen molar-refractivity contribution in [2.45, 2.75) is 38.3 Å². The molecule has 144 valence electrons. The lowest BCUT2D eigenvalue weighted by molar-refractivity contribution is 0.168. The van der Waals surface area contributed by atoms with Gasteiger partial charge in [-0.2, -0.15) is 5.10 Å². The highest BCUT2D eigenvalue weighted by molar-refractivity contribution is 5.80. The summed E-state index contributed by atoms with van der Waals surface area (Å²) in [6, 6.07) is 13.0. The second kappa shape index (κ2) is 8.57. The summed E-state index contributed by atoms with van der Waals surface area (Å²) in [5.41, 5.74) is 2.10. The van der Waals surface area contributed by atoms with Gasteiger partial charge in [-0.15, -0.1) is 0 Å². The first-order valence-corrected chi connectivity index (χ1v) is 10.1. The fraction of sp³-hybridized carbons (Fsp3) is 0.524. The first kappa shape index (κ1) is 18.0. The van der Waals surface area contributed by atoms with Crippen LogP contribution in [0.5, 0.6) is 0 Å². The molecule has 1 atom stereocenters. The number of hydrogen-bond acceptors (Lipinski definition) is 3. The number of aromatic nitrogens is 2. The lowest BCUT2D eigenvalue weighted by Crippen LogP contribution is -2.44. The molecule has 2 aliphatic heterocycles. The monoisotopic (exact) mass is 366 g/mol. The van der Waals surface area contributed by atoms with E-state index in [0.29, 0.717) is 12.6 Å². The first-order chi connectivity index (χ1) is 13.3. The summed E-state index contributed by atoms with van der Waals surface area (Å²) in [6.45, 7) is 5.39. The van der Waals surface area contributed by atoms with Gasteiger partial charge in [-0.1, -0.05) is 24.6 Å². The average Bonchev–Trinajstić information content (AvgIpc) is 3.40. The Bertz CT molecular complexity index is 747. The van der Waals surface area contributed by atoms with Crippen LogP contribution in [0.25, 0.3) is 5.69 Å². The maximum Gasteiger partial charge on any atom is 0.194 e. The molecular weight excluding hydrogens is 336 g/mol. The molecule has 6 heteroatoms. The number of likely N-dealkylation sites (tertiary alicyclic amines) is 2. The zero-order chi connectivity index (χ0) is 18.5. The molecule has 1 aromatic carbocycles. The number of benzene rings is 1. The molecule has 0 aliphatic carbocycles. The summed E-state index contributed by atoms with van der Waals surface area (Å²) in [4.78, 5) is 9.58. The molecule has 0 saturated carbocycles. The highest BCUT2D eigenvalue weighted by atomic mass is 15.3. The van der Waals surface area contributed by atoms with Crippen LogP contribution in [0.1, 0.15) is 31.4 Å². The van der Waals surface area contributed by atoms with Gasteiger partial charge in [-0.25, -0.2) is 4.68 Å². The number of nitrogens with one attached hydrogen (secondary N) is 1. The molecule has 3 heterocycles. The van der Waals surface area contributed by atoms with Gasteiger partial charge in [0.25, 0.3) is 0 Å². The van der Waals surface area contributed by atoms with Crippen molar-refractivity contribution in [2.24, 2.45) is 4.99 Å². The number of nitrogens with zero attached hydrogens (tertiary/aromatic N) is 5. The number of guanidine groups is 1. The van der Waals surface area contributed by atoms with Crippen LogP contribution in [0.4, 0.5) is 0 Å². The van der Waals surface area contributed by atoms with Crippen LogP contribution in [-0.2, 0) is 6.54 Å². The smallest absolute Gasteiger partial charge is 0.194 e. The number of piperidine rings is 1. The predicted octanol–water partition coefficient (Wildman–Crippen LogP) is 2.51. The van der Waals surface area contributed by atoms with E-state index in [1.807, 2.05) is 36.1 Å². The van der Waals surface area contributed by atoms with E-state index in [4.69, 9.17) is 0 Å². The van der Waals surface area contributed by atoms with Crippen LogP contribution >= 0.6 is 0 Å². The van der Waals surface area contributed by atoms with Crippen molar-refractivity contribution in [3.05, 3.63) is 48.3 Å². The fourth-order valence-corrected chi connectivity index (χ4v) is 4.20. The van der Waals surface area contributed by atoms with Gasteiger partial charge >= 0.3 is 0 Å². The Balaban J connectivity index is 1.31. The van der Waals surface area contributed by atoms with Gasteiger partial charge in [-0.3, -0.25) is 9.89 Å². The van der Waals surface area contributed by atoms with Crippen LogP contribution in [0.15, 0.2) is 47.6 Å². The largest absolute Gasteiger partial charge is 0.351 e. The minimum Gasteiger partial charge on any atom is -0.351 e. The Labute approximate surface area is 161 Å². The first-order valence-electron chi connectivity index (χ1n) is 10.1. The Morgan fingerprint density at radius 3 is 2.70 bits per heavy atom. The van der Waals surface area contributed by atoms with E-state index in [2.05, 4.69) is 43.4 Å². The summed E-state index contributed by atoms with van der Waals surface area (Å²) in [7, 11) is 1.87. The third-order valence-electron chi connectivity index (χ3n) is 5.67.